The number of anilines is 2. The van der Waals surface area contributed by atoms with Crippen molar-refractivity contribution in [2.75, 3.05) is 23.9 Å². The zero-order valence-corrected chi connectivity index (χ0v) is 21.0. The molecule has 0 saturated carbocycles. The summed E-state index contributed by atoms with van der Waals surface area (Å²) < 4.78 is 0. The van der Waals surface area contributed by atoms with E-state index in [0.29, 0.717) is 5.71 Å². The van der Waals surface area contributed by atoms with E-state index in [1.807, 2.05) is 102 Å². The predicted molar refractivity (Wildman–Crippen MR) is 135 cm³/mol. The van der Waals surface area contributed by atoms with Crippen LogP contribution >= 0.6 is 0 Å². The summed E-state index contributed by atoms with van der Waals surface area (Å²) in [5.74, 6) is -1.18. The van der Waals surface area contributed by atoms with E-state index in [1.54, 1.807) is 23.9 Å². The van der Waals surface area contributed by atoms with Crippen LogP contribution in [0.4, 0.5) is 11.4 Å². The van der Waals surface area contributed by atoms with Gasteiger partial charge in [0.15, 0.2) is 0 Å². The van der Waals surface area contributed by atoms with E-state index in [9.17, 15) is 14.8 Å². The van der Waals surface area contributed by atoms with Crippen LogP contribution in [-0.2, 0) is 9.59 Å². The largest absolute Gasteiger partial charge is 0.411 e. The lowest BCUT2D eigenvalue weighted by Crippen LogP contribution is -2.51. The average Bonchev–Trinajstić information content (AvgIpc) is 2.82. The standard InChI is InChI=1S/C27H37N3O3/c1-19(23(31)29(7)21-15-11-9-12-16-21)26(3,4)25(28-33)27(5,6)20(2)24(32)30(8)22-17-13-10-14-18-22/h9-20,33H,1-8H3. The number of carbonyl (C=O) groups excluding carboxylic acids is 2. The maximum absolute atomic E-state index is 13.3. The van der Waals surface area contributed by atoms with Crippen molar-refractivity contribution in [1.82, 2.24) is 0 Å². The second kappa shape index (κ2) is 10.2. The van der Waals surface area contributed by atoms with Crippen molar-refractivity contribution >= 4 is 28.9 Å². The van der Waals surface area contributed by atoms with Crippen molar-refractivity contribution in [3.05, 3.63) is 60.7 Å². The molecule has 0 saturated heterocycles. The maximum Gasteiger partial charge on any atom is 0.230 e. The molecule has 6 heteroatoms. The molecule has 178 valence electrons. The van der Waals surface area contributed by atoms with Crippen LogP contribution in [0.3, 0.4) is 0 Å². The number of hydrogen-bond donors (Lipinski definition) is 1. The van der Waals surface area contributed by atoms with Crippen LogP contribution in [0.1, 0.15) is 41.5 Å². The summed E-state index contributed by atoms with van der Waals surface area (Å²) in [6.45, 7) is 11.2. The summed E-state index contributed by atoms with van der Waals surface area (Å²) in [6.07, 6.45) is 0. The van der Waals surface area contributed by atoms with E-state index in [2.05, 4.69) is 5.16 Å². The molecule has 0 radical (unpaired) electrons. The molecule has 0 spiro atoms. The second-order valence-corrected chi connectivity index (χ2v) is 9.80. The van der Waals surface area contributed by atoms with Crippen LogP contribution in [0.5, 0.6) is 0 Å². The van der Waals surface area contributed by atoms with Crippen molar-refractivity contribution in [1.29, 1.82) is 0 Å². The molecule has 2 rings (SSSR count). The summed E-state index contributed by atoms with van der Waals surface area (Å²) in [5, 5.41) is 13.8. The fraction of sp³-hybridized carbons (Fsp3) is 0.444. The normalized spacial score (nSPS) is 13.6. The summed E-state index contributed by atoms with van der Waals surface area (Å²) in [6, 6.07) is 18.9. The highest BCUT2D eigenvalue weighted by Crippen LogP contribution is 2.42. The van der Waals surface area contributed by atoms with Crippen LogP contribution in [0.2, 0.25) is 0 Å². The molecule has 1 N–H and O–H groups in total. The maximum atomic E-state index is 13.3. The quantitative estimate of drug-likeness (QED) is 0.329. The average molecular weight is 452 g/mol. The molecule has 0 aromatic heterocycles. The minimum Gasteiger partial charge on any atom is -0.411 e. The number of para-hydroxylation sites is 2. The molecule has 2 aromatic carbocycles. The monoisotopic (exact) mass is 451 g/mol. The van der Waals surface area contributed by atoms with Crippen LogP contribution < -0.4 is 9.80 Å². The van der Waals surface area contributed by atoms with Gasteiger partial charge in [-0.15, -0.1) is 0 Å². The first-order valence-corrected chi connectivity index (χ1v) is 11.3. The number of oxime groups is 1. The predicted octanol–water partition coefficient (Wildman–Crippen LogP) is 5.47. The Labute approximate surface area is 197 Å². The summed E-state index contributed by atoms with van der Waals surface area (Å²) in [5.41, 5.74) is 0.385. The number of hydrogen-bond acceptors (Lipinski definition) is 4. The Balaban J connectivity index is 2.31. The second-order valence-electron chi connectivity index (χ2n) is 9.80. The van der Waals surface area contributed by atoms with Crippen LogP contribution in [-0.4, -0.2) is 36.8 Å². The minimum absolute atomic E-state index is 0.0940. The lowest BCUT2D eigenvalue weighted by atomic mass is 9.62. The topological polar surface area (TPSA) is 73.2 Å². The van der Waals surface area contributed by atoms with E-state index >= 15 is 0 Å². The Morgan fingerprint density at radius 3 is 1.30 bits per heavy atom. The molecule has 0 aliphatic rings. The SMILES string of the molecule is CC(C(=O)N(C)c1ccccc1)C(C)(C)C(=NO)C(C)(C)C(C)C(=O)N(C)c1ccccc1. The lowest BCUT2D eigenvalue weighted by Gasteiger charge is -2.43. The van der Waals surface area contributed by atoms with E-state index in [1.165, 1.54) is 0 Å². The van der Waals surface area contributed by atoms with Crippen molar-refractivity contribution in [3.8, 4) is 0 Å². The minimum atomic E-state index is -0.807. The highest BCUT2D eigenvalue weighted by atomic mass is 16.4. The van der Waals surface area contributed by atoms with Gasteiger partial charge in [-0.2, -0.15) is 0 Å². The molecule has 0 fully saturated rings. The fourth-order valence-electron chi connectivity index (χ4n) is 4.25. The lowest BCUT2D eigenvalue weighted by molar-refractivity contribution is -0.123. The van der Waals surface area contributed by atoms with Gasteiger partial charge in [-0.05, 0) is 24.3 Å². The van der Waals surface area contributed by atoms with E-state index in [0.717, 1.165) is 11.4 Å². The number of carbonyl (C=O) groups is 2. The molecule has 0 heterocycles. The number of amides is 2. The van der Waals surface area contributed by atoms with Gasteiger partial charge in [0.25, 0.3) is 0 Å². The molecular formula is C27H37N3O3. The molecule has 2 amide bonds. The smallest absolute Gasteiger partial charge is 0.230 e. The van der Waals surface area contributed by atoms with Crippen molar-refractivity contribution in [2.24, 2.45) is 27.8 Å². The van der Waals surface area contributed by atoms with Gasteiger partial charge in [0.2, 0.25) is 11.8 Å². The Bertz CT molecular complexity index is 907. The molecule has 2 atom stereocenters. The number of benzene rings is 2. The van der Waals surface area contributed by atoms with Gasteiger partial charge in [0.05, 0.1) is 5.71 Å². The zero-order valence-electron chi connectivity index (χ0n) is 21.0. The van der Waals surface area contributed by atoms with Crippen LogP contribution in [0.25, 0.3) is 0 Å². The highest BCUT2D eigenvalue weighted by molar-refractivity contribution is 6.05. The third-order valence-corrected chi connectivity index (χ3v) is 7.17. The van der Waals surface area contributed by atoms with Gasteiger partial charge >= 0.3 is 0 Å². The van der Waals surface area contributed by atoms with E-state index in [4.69, 9.17) is 0 Å². The third kappa shape index (κ3) is 5.27. The van der Waals surface area contributed by atoms with Gasteiger partial charge in [-0.25, -0.2) is 0 Å². The molecule has 33 heavy (non-hydrogen) atoms. The first-order valence-electron chi connectivity index (χ1n) is 11.3. The van der Waals surface area contributed by atoms with E-state index in [-0.39, 0.29) is 11.8 Å². The van der Waals surface area contributed by atoms with Crippen molar-refractivity contribution in [3.63, 3.8) is 0 Å². The van der Waals surface area contributed by atoms with Crippen LogP contribution in [0.15, 0.2) is 65.8 Å². The third-order valence-electron chi connectivity index (χ3n) is 7.17. The number of rotatable bonds is 8. The zero-order chi connectivity index (χ0) is 25.0. The Morgan fingerprint density at radius 1 is 0.727 bits per heavy atom. The summed E-state index contributed by atoms with van der Waals surface area (Å²) in [4.78, 5) is 29.9. The fourth-order valence-corrected chi connectivity index (χ4v) is 4.25. The Hall–Kier alpha value is -3.15. The van der Waals surface area contributed by atoms with Crippen molar-refractivity contribution in [2.45, 2.75) is 41.5 Å². The molecule has 2 unspecified atom stereocenters. The summed E-state index contributed by atoms with van der Waals surface area (Å²) >= 11 is 0. The molecule has 6 nitrogen and oxygen atoms in total. The highest BCUT2D eigenvalue weighted by Gasteiger charge is 2.48. The van der Waals surface area contributed by atoms with Gasteiger partial charge in [-0.3, -0.25) is 9.59 Å². The summed E-state index contributed by atoms with van der Waals surface area (Å²) in [7, 11) is 3.48. The molecule has 0 aliphatic heterocycles. The molecule has 2 aromatic rings. The van der Waals surface area contributed by atoms with Gasteiger partial charge in [0.1, 0.15) is 0 Å². The first kappa shape index (κ1) is 26.1. The Kier molecular flexibility index (Phi) is 8.06. The van der Waals surface area contributed by atoms with Crippen LogP contribution in [0, 0.1) is 22.7 Å². The van der Waals surface area contributed by atoms with Gasteiger partial charge in [-0.1, -0.05) is 83.1 Å². The van der Waals surface area contributed by atoms with Gasteiger partial charge in [0, 0.05) is 48.1 Å². The van der Waals surface area contributed by atoms with Gasteiger partial charge < -0.3 is 15.0 Å². The first-order chi connectivity index (χ1) is 15.4. The Morgan fingerprint density at radius 2 is 1.03 bits per heavy atom. The number of nitrogens with zero attached hydrogens (tertiary/aromatic N) is 3. The molecular weight excluding hydrogens is 414 g/mol. The molecule has 0 aliphatic carbocycles. The molecule has 0 bridgehead atoms. The van der Waals surface area contributed by atoms with Crippen molar-refractivity contribution < 1.29 is 14.8 Å². The van der Waals surface area contributed by atoms with E-state index < -0.39 is 22.7 Å².